The number of ether oxygens (including phenoxy) is 1. The normalized spacial score (nSPS) is 20.0. The molecule has 0 atom stereocenters. The molecule has 0 radical (unpaired) electrons. The van der Waals surface area contributed by atoms with Crippen LogP contribution in [-0.4, -0.2) is 29.7 Å². The Balaban J connectivity index is 1.69. The minimum atomic E-state index is -4.85. The van der Waals surface area contributed by atoms with Crippen molar-refractivity contribution in [2.45, 2.75) is 57.5 Å². The van der Waals surface area contributed by atoms with Crippen molar-refractivity contribution < 1.29 is 35.9 Å². The Hall–Kier alpha value is -1.93. The molecular weight excluding hydrogens is 388 g/mol. The lowest BCUT2D eigenvalue weighted by Crippen LogP contribution is -2.63. The zero-order valence-corrected chi connectivity index (χ0v) is 15.7. The van der Waals surface area contributed by atoms with Crippen LogP contribution in [0.3, 0.4) is 0 Å². The molecule has 1 amide bonds. The van der Waals surface area contributed by atoms with E-state index in [1.807, 2.05) is 0 Å². The van der Waals surface area contributed by atoms with Crippen LogP contribution in [0.5, 0.6) is 0 Å². The molecule has 3 rings (SSSR count). The van der Waals surface area contributed by atoms with Gasteiger partial charge in [-0.15, -0.1) is 0 Å². The van der Waals surface area contributed by atoms with Gasteiger partial charge in [0.1, 0.15) is 5.60 Å². The number of hydrogen-bond acceptors (Lipinski definition) is 2. The van der Waals surface area contributed by atoms with E-state index in [0.29, 0.717) is 25.9 Å². The van der Waals surface area contributed by atoms with Crippen molar-refractivity contribution in [1.29, 1.82) is 0 Å². The Morgan fingerprint density at radius 2 is 1.43 bits per heavy atom. The summed E-state index contributed by atoms with van der Waals surface area (Å²) in [6, 6.07) is 1.75. The highest BCUT2D eigenvalue weighted by molar-refractivity contribution is 5.69. The van der Waals surface area contributed by atoms with Crippen LogP contribution in [0.2, 0.25) is 0 Å². The van der Waals surface area contributed by atoms with E-state index in [2.05, 4.69) is 0 Å². The van der Waals surface area contributed by atoms with Gasteiger partial charge >= 0.3 is 18.4 Å². The molecule has 1 heterocycles. The van der Waals surface area contributed by atoms with Gasteiger partial charge in [0.2, 0.25) is 0 Å². The minimum absolute atomic E-state index is 0.0449. The van der Waals surface area contributed by atoms with E-state index in [9.17, 15) is 31.1 Å². The number of carbonyl (C=O) groups excluding carboxylic acids is 1. The first-order chi connectivity index (χ1) is 12.6. The molecular formula is C19H21F6NO2. The lowest BCUT2D eigenvalue weighted by atomic mass is 9.56. The zero-order valence-electron chi connectivity index (χ0n) is 15.7. The fraction of sp³-hybridized carbons (Fsp3) is 0.632. The molecule has 1 saturated carbocycles. The predicted octanol–water partition coefficient (Wildman–Crippen LogP) is 5.84. The number of amides is 1. The van der Waals surface area contributed by atoms with E-state index in [0.717, 1.165) is 12.1 Å². The number of rotatable bonds is 1. The first-order valence-corrected chi connectivity index (χ1v) is 8.85. The number of nitrogens with zero attached hydrogens (tertiary/aromatic N) is 1. The maximum atomic E-state index is 13.0. The quantitative estimate of drug-likeness (QED) is 0.546. The number of carbonyl (C=O) groups is 1. The summed E-state index contributed by atoms with van der Waals surface area (Å²) in [5.74, 6) is -0.385. The predicted molar refractivity (Wildman–Crippen MR) is 88.7 cm³/mol. The maximum Gasteiger partial charge on any atom is 0.416 e. The van der Waals surface area contributed by atoms with Gasteiger partial charge in [-0.1, -0.05) is 0 Å². The van der Waals surface area contributed by atoms with Crippen molar-refractivity contribution in [3.05, 3.63) is 34.9 Å². The summed E-state index contributed by atoms with van der Waals surface area (Å²) in [6.07, 6.45) is -9.25. The molecule has 3 nitrogen and oxygen atoms in total. The van der Waals surface area contributed by atoms with Gasteiger partial charge in [0, 0.05) is 18.5 Å². The number of benzene rings is 1. The molecule has 1 saturated heterocycles. The molecule has 1 spiro atoms. The summed E-state index contributed by atoms with van der Waals surface area (Å²) in [5.41, 5.74) is -3.41. The number of hydrogen-bond donors (Lipinski definition) is 0. The van der Waals surface area contributed by atoms with Gasteiger partial charge in [-0.3, -0.25) is 0 Å². The van der Waals surface area contributed by atoms with Gasteiger partial charge in [-0.25, -0.2) is 4.79 Å². The third-order valence-electron chi connectivity index (χ3n) is 5.14. The third-order valence-corrected chi connectivity index (χ3v) is 5.14. The van der Waals surface area contributed by atoms with Crippen LogP contribution in [0.15, 0.2) is 18.2 Å². The summed E-state index contributed by atoms with van der Waals surface area (Å²) in [4.78, 5) is 13.5. The maximum absolute atomic E-state index is 13.0. The molecule has 28 heavy (non-hydrogen) atoms. The molecule has 0 aromatic heterocycles. The van der Waals surface area contributed by atoms with E-state index in [4.69, 9.17) is 4.74 Å². The van der Waals surface area contributed by atoms with Crippen molar-refractivity contribution in [2.75, 3.05) is 13.1 Å². The summed E-state index contributed by atoms with van der Waals surface area (Å²) >= 11 is 0. The Kier molecular flexibility index (Phi) is 4.67. The fourth-order valence-electron chi connectivity index (χ4n) is 3.91. The summed E-state index contributed by atoms with van der Waals surface area (Å²) < 4.78 is 83.3. The van der Waals surface area contributed by atoms with Crippen LogP contribution in [0, 0.1) is 5.41 Å². The summed E-state index contributed by atoms with van der Waals surface area (Å²) in [7, 11) is 0. The van der Waals surface area contributed by atoms with Gasteiger partial charge in [0.25, 0.3) is 0 Å². The SMILES string of the molecule is CC(C)(C)OC(=O)N1CC2(CC(c3cc(C(F)(F)F)cc(C(F)(F)F)c3)C2)C1. The Labute approximate surface area is 158 Å². The smallest absolute Gasteiger partial charge is 0.416 e. The van der Waals surface area contributed by atoms with Crippen LogP contribution >= 0.6 is 0 Å². The van der Waals surface area contributed by atoms with Crippen molar-refractivity contribution in [3.63, 3.8) is 0 Å². The van der Waals surface area contributed by atoms with Crippen LogP contribution in [0.1, 0.15) is 56.2 Å². The lowest BCUT2D eigenvalue weighted by molar-refractivity contribution is -0.143. The van der Waals surface area contributed by atoms with Crippen LogP contribution in [-0.2, 0) is 17.1 Å². The second kappa shape index (κ2) is 6.29. The minimum Gasteiger partial charge on any atom is -0.444 e. The highest BCUT2D eigenvalue weighted by atomic mass is 19.4. The van der Waals surface area contributed by atoms with E-state index >= 15 is 0 Å². The van der Waals surface area contributed by atoms with Crippen LogP contribution in [0.25, 0.3) is 0 Å². The molecule has 1 aromatic carbocycles. The lowest BCUT2D eigenvalue weighted by Gasteiger charge is -2.59. The van der Waals surface area contributed by atoms with Gasteiger partial charge in [0.05, 0.1) is 11.1 Å². The van der Waals surface area contributed by atoms with Crippen molar-refractivity contribution in [2.24, 2.45) is 5.41 Å². The third kappa shape index (κ3) is 4.22. The van der Waals surface area contributed by atoms with Gasteiger partial charge in [-0.05, 0) is 63.3 Å². The summed E-state index contributed by atoms with van der Waals surface area (Å²) in [6.45, 7) is 6.04. The number of alkyl halides is 6. The highest BCUT2D eigenvalue weighted by Gasteiger charge is 2.55. The molecule has 0 N–H and O–H groups in total. The number of halogens is 6. The first-order valence-electron chi connectivity index (χ1n) is 8.85. The van der Waals surface area contributed by atoms with Crippen molar-refractivity contribution >= 4 is 6.09 Å². The van der Waals surface area contributed by atoms with Gasteiger partial charge < -0.3 is 9.64 Å². The Morgan fingerprint density at radius 1 is 0.964 bits per heavy atom. The van der Waals surface area contributed by atoms with Crippen LogP contribution < -0.4 is 0 Å². The Bertz CT molecular complexity index is 732. The molecule has 0 unspecified atom stereocenters. The van der Waals surface area contributed by atoms with E-state index in [-0.39, 0.29) is 23.0 Å². The Morgan fingerprint density at radius 3 is 1.82 bits per heavy atom. The van der Waals surface area contributed by atoms with Gasteiger partial charge in [0.15, 0.2) is 0 Å². The standard InChI is InChI=1S/C19H21F6NO2/c1-16(2,3)28-15(27)26-9-17(10-26)7-12(8-17)11-4-13(18(20,21)22)6-14(5-11)19(23,24)25/h4-6,12H,7-10H2,1-3H3. The van der Waals surface area contributed by atoms with Crippen molar-refractivity contribution in [1.82, 2.24) is 4.90 Å². The first kappa shape index (κ1) is 20.8. The average Bonchev–Trinajstić information content (AvgIpc) is 2.40. The monoisotopic (exact) mass is 409 g/mol. The molecule has 0 bridgehead atoms. The average molecular weight is 409 g/mol. The van der Waals surface area contributed by atoms with Gasteiger partial charge in [-0.2, -0.15) is 26.3 Å². The second-order valence-corrected chi connectivity index (χ2v) is 8.78. The zero-order chi connectivity index (χ0) is 21.1. The van der Waals surface area contributed by atoms with E-state index in [1.54, 1.807) is 20.8 Å². The molecule has 1 aromatic rings. The van der Waals surface area contributed by atoms with E-state index in [1.165, 1.54) is 4.90 Å². The fourth-order valence-corrected chi connectivity index (χ4v) is 3.91. The molecule has 9 heteroatoms. The molecule has 156 valence electrons. The highest BCUT2D eigenvalue weighted by Crippen LogP contribution is 2.57. The topological polar surface area (TPSA) is 29.5 Å². The van der Waals surface area contributed by atoms with E-state index < -0.39 is 35.2 Å². The molecule has 1 aliphatic heterocycles. The van der Waals surface area contributed by atoms with Crippen LogP contribution in [0.4, 0.5) is 31.1 Å². The molecule has 2 fully saturated rings. The summed E-state index contributed by atoms with van der Waals surface area (Å²) in [5, 5.41) is 0. The molecule has 2 aliphatic rings. The van der Waals surface area contributed by atoms with Crippen molar-refractivity contribution in [3.8, 4) is 0 Å². The second-order valence-electron chi connectivity index (χ2n) is 8.78. The molecule has 1 aliphatic carbocycles. The largest absolute Gasteiger partial charge is 0.444 e. The number of likely N-dealkylation sites (tertiary alicyclic amines) is 1.